The molecule has 3 heterocycles. The van der Waals surface area contributed by atoms with E-state index < -0.39 is 13.9 Å². The molecule has 1 amide bonds. The highest BCUT2D eigenvalue weighted by Gasteiger charge is 2.41. The van der Waals surface area contributed by atoms with E-state index in [9.17, 15) is 4.79 Å². The van der Waals surface area contributed by atoms with Crippen molar-refractivity contribution >= 4 is 37.0 Å². The molecule has 0 aliphatic carbocycles. The molecule has 1 unspecified atom stereocenters. The molecule has 1 aromatic carbocycles. The van der Waals surface area contributed by atoms with E-state index in [2.05, 4.69) is 105 Å². The van der Waals surface area contributed by atoms with Crippen molar-refractivity contribution in [2.75, 3.05) is 13.1 Å². The molecule has 4 rings (SSSR count). The van der Waals surface area contributed by atoms with E-state index in [1.165, 1.54) is 9.13 Å². The molecule has 0 N–H and O–H groups in total. The molecule has 3 aromatic rings. The summed E-state index contributed by atoms with van der Waals surface area (Å²) in [5, 5.41) is -0.0115. The fraction of sp³-hybridized carbons (Fsp3) is 0.529. The van der Waals surface area contributed by atoms with Gasteiger partial charge in [0.05, 0.1) is 19.2 Å². The zero-order valence-corrected chi connectivity index (χ0v) is 30.6. The summed E-state index contributed by atoms with van der Waals surface area (Å²) in [5.74, 6) is 1.76. The highest BCUT2D eigenvalue weighted by atomic mass is 127. The maximum atomic E-state index is 13.7. The third-order valence-corrected chi connectivity index (χ3v) is 13.6. The van der Waals surface area contributed by atoms with Gasteiger partial charge in [0.15, 0.2) is 8.32 Å². The summed E-state index contributed by atoms with van der Waals surface area (Å²) < 4.78 is 22.7. The SMILES string of the molecule is Cc1ccc(C)n1-c1ccc(C(CN(C[C@H]2CCc3cc(I)ccc3O2)C(=O)OC(C)(C)C)O[Si](C)(C)C(C)(C)C)cn1. The van der Waals surface area contributed by atoms with Gasteiger partial charge in [-0.3, -0.25) is 0 Å². The van der Waals surface area contributed by atoms with E-state index in [1.807, 2.05) is 39.1 Å². The van der Waals surface area contributed by atoms with Crippen molar-refractivity contribution in [2.45, 2.75) is 104 Å². The molecule has 0 fully saturated rings. The van der Waals surface area contributed by atoms with Crippen LogP contribution in [-0.4, -0.2) is 53.7 Å². The van der Waals surface area contributed by atoms with Crippen molar-refractivity contribution in [3.05, 3.63) is 74.7 Å². The average molecular weight is 718 g/mol. The van der Waals surface area contributed by atoms with Gasteiger partial charge in [-0.15, -0.1) is 0 Å². The summed E-state index contributed by atoms with van der Waals surface area (Å²) in [4.78, 5) is 20.4. The minimum Gasteiger partial charge on any atom is -0.488 e. The minimum atomic E-state index is -2.23. The molecule has 2 aromatic heterocycles. The molecule has 43 heavy (non-hydrogen) atoms. The number of fused-ring (bicyclic) bond motifs is 1. The molecule has 0 bridgehead atoms. The number of carbonyl (C=O) groups is 1. The van der Waals surface area contributed by atoms with Gasteiger partial charge >= 0.3 is 6.09 Å². The Bertz CT molecular complexity index is 1400. The summed E-state index contributed by atoms with van der Waals surface area (Å²) in [6.07, 6.45) is 2.75. The number of amides is 1. The quantitative estimate of drug-likeness (QED) is 0.172. The Morgan fingerprint density at radius 3 is 2.35 bits per heavy atom. The van der Waals surface area contributed by atoms with Crippen LogP contribution in [-0.2, 0) is 15.6 Å². The lowest BCUT2D eigenvalue weighted by Gasteiger charge is -2.41. The molecular weight excluding hydrogens is 669 g/mol. The van der Waals surface area contributed by atoms with Crippen LogP contribution in [0.25, 0.3) is 5.82 Å². The lowest BCUT2D eigenvalue weighted by atomic mass is 10.0. The van der Waals surface area contributed by atoms with Crippen LogP contribution in [0.5, 0.6) is 5.75 Å². The van der Waals surface area contributed by atoms with Gasteiger partial charge < -0.3 is 23.4 Å². The topological polar surface area (TPSA) is 65.8 Å². The van der Waals surface area contributed by atoms with Crippen molar-refractivity contribution in [3.63, 3.8) is 0 Å². The van der Waals surface area contributed by atoms with Crippen molar-refractivity contribution < 1.29 is 18.7 Å². The molecule has 2 atom stereocenters. The van der Waals surface area contributed by atoms with Crippen LogP contribution in [0.4, 0.5) is 4.79 Å². The maximum absolute atomic E-state index is 13.7. The largest absolute Gasteiger partial charge is 0.488 e. The van der Waals surface area contributed by atoms with Crippen LogP contribution < -0.4 is 4.74 Å². The van der Waals surface area contributed by atoms with Gasteiger partial charge in [0.25, 0.3) is 0 Å². The molecule has 234 valence electrons. The zero-order valence-electron chi connectivity index (χ0n) is 27.5. The molecule has 9 heteroatoms. The van der Waals surface area contributed by atoms with Crippen LogP contribution in [0.3, 0.4) is 0 Å². The summed E-state index contributed by atoms with van der Waals surface area (Å²) in [5.41, 5.74) is 3.79. The molecule has 0 radical (unpaired) electrons. The van der Waals surface area contributed by atoms with E-state index in [-0.39, 0.29) is 23.3 Å². The number of hydrogen-bond donors (Lipinski definition) is 0. The lowest BCUT2D eigenvalue weighted by molar-refractivity contribution is 0.00490. The van der Waals surface area contributed by atoms with Crippen LogP contribution in [0.1, 0.15) is 76.6 Å². The summed E-state index contributed by atoms with van der Waals surface area (Å²) in [7, 11) is -2.23. The average Bonchev–Trinajstić information content (AvgIpc) is 3.23. The Labute approximate surface area is 272 Å². The number of carbonyl (C=O) groups excluding carboxylic acids is 1. The Morgan fingerprint density at radius 1 is 1.09 bits per heavy atom. The first-order valence-electron chi connectivity index (χ1n) is 15.2. The maximum Gasteiger partial charge on any atom is 0.410 e. The van der Waals surface area contributed by atoms with Crippen LogP contribution in [0.15, 0.2) is 48.7 Å². The van der Waals surface area contributed by atoms with Crippen molar-refractivity contribution in [1.29, 1.82) is 0 Å². The van der Waals surface area contributed by atoms with Gasteiger partial charge in [-0.05, 0) is 136 Å². The third-order valence-electron chi connectivity index (χ3n) is 8.40. The van der Waals surface area contributed by atoms with Crippen LogP contribution >= 0.6 is 22.6 Å². The Morgan fingerprint density at radius 2 is 1.77 bits per heavy atom. The minimum absolute atomic E-state index is 0.0115. The molecule has 0 saturated heterocycles. The number of benzene rings is 1. The van der Waals surface area contributed by atoms with Crippen LogP contribution in [0.2, 0.25) is 18.1 Å². The fourth-order valence-electron chi connectivity index (χ4n) is 5.03. The van der Waals surface area contributed by atoms with Gasteiger partial charge in [-0.1, -0.05) is 26.8 Å². The second-order valence-corrected chi connectivity index (χ2v) is 20.2. The normalized spacial score (nSPS) is 16.3. The first kappa shape index (κ1) is 33.5. The van der Waals surface area contributed by atoms with Gasteiger partial charge in [0.2, 0.25) is 0 Å². The number of hydrogen-bond acceptors (Lipinski definition) is 5. The van der Waals surface area contributed by atoms with Crippen molar-refractivity contribution in [1.82, 2.24) is 14.5 Å². The van der Waals surface area contributed by atoms with Gasteiger partial charge in [-0.2, -0.15) is 0 Å². The smallest absolute Gasteiger partial charge is 0.410 e. The number of pyridine rings is 1. The zero-order chi connectivity index (χ0) is 31.7. The highest BCUT2D eigenvalue weighted by molar-refractivity contribution is 14.1. The van der Waals surface area contributed by atoms with Crippen molar-refractivity contribution in [2.24, 2.45) is 0 Å². The number of rotatable bonds is 8. The Hall–Kier alpha value is -2.37. The first-order chi connectivity index (χ1) is 19.9. The number of aryl methyl sites for hydroxylation is 3. The first-order valence-corrected chi connectivity index (χ1v) is 19.1. The summed E-state index contributed by atoms with van der Waals surface area (Å²) in [6, 6.07) is 14.6. The highest BCUT2D eigenvalue weighted by Crippen LogP contribution is 2.40. The Kier molecular flexibility index (Phi) is 10.1. The molecule has 1 aliphatic rings. The summed E-state index contributed by atoms with van der Waals surface area (Å²) >= 11 is 2.33. The van der Waals surface area contributed by atoms with Crippen molar-refractivity contribution in [3.8, 4) is 11.6 Å². The second kappa shape index (κ2) is 12.9. The standard InChI is InChI=1S/C34H48IN3O4Si/c1-23-11-12-24(2)38(23)31-18-14-26(20-36-31)30(42-43(9,10)34(6,7)8)22-37(32(39)41-33(3,4)5)21-28-16-13-25-19-27(35)15-17-29(25)40-28/h11-12,14-15,17-20,28,30H,13,16,21-22H2,1-10H3/t28-,30?/m1/s1. The number of aromatic nitrogens is 2. The molecule has 0 spiro atoms. The number of halogens is 1. The number of ether oxygens (including phenoxy) is 2. The summed E-state index contributed by atoms with van der Waals surface area (Å²) in [6.45, 7) is 21.8. The molecule has 0 saturated carbocycles. The van der Waals surface area contributed by atoms with E-state index in [0.29, 0.717) is 13.1 Å². The second-order valence-electron chi connectivity index (χ2n) is 14.2. The predicted octanol–water partition coefficient (Wildman–Crippen LogP) is 8.79. The lowest BCUT2D eigenvalue weighted by Crippen LogP contribution is -2.48. The fourth-order valence-corrected chi connectivity index (χ4v) is 6.86. The van der Waals surface area contributed by atoms with E-state index in [0.717, 1.165) is 41.4 Å². The molecular formula is C34H48IN3O4Si. The molecule has 1 aliphatic heterocycles. The molecule has 7 nitrogen and oxygen atoms in total. The van der Waals surface area contributed by atoms with Crippen LogP contribution in [0, 0.1) is 17.4 Å². The van der Waals surface area contributed by atoms with Gasteiger partial charge in [-0.25, -0.2) is 9.78 Å². The number of nitrogens with zero attached hydrogens (tertiary/aromatic N) is 3. The third kappa shape index (κ3) is 8.42. The van der Waals surface area contributed by atoms with Gasteiger partial charge in [0, 0.05) is 21.2 Å². The van der Waals surface area contributed by atoms with E-state index in [1.54, 1.807) is 4.90 Å². The van der Waals surface area contributed by atoms with E-state index >= 15 is 0 Å². The monoisotopic (exact) mass is 717 g/mol. The predicted molar refractivity (Wildman–Crippen MR) is 184 cm³/mol. The Balaban J connectivity index is 1.66. The van der Waals surface area contributed by atoms with E-state index in [4.69, 9.17) is 18.9 Å². The van der Waals surface area contributed by atoms with Gasteiger partial charge in [0.1, 0.15) is 23.3 Å².